The number of hydrogen-bond acceptors (Lipinski definition) is 14. The largest absolute Gasteiger partial charge is 0.479 e. The van der Waals surface area contributed by atoms with Crippen LogP contribution in [0.2, 0.25) is 0 Å². The Morgan fingerprint density at radius 3 is 2.32 bits per heavy atom. The summed E-state index contributed by atoms with van der Waals surface area (Å²) in [5.74, 6) is -0.896. The van der Waals surface area contributed by atoms with Crippen molar-refractivity contribution in [1.82, 2.24) is 14.5 Å². The van der Waals surface area contributed by atoms with Crippen LogP contribution in [-0.2, 0) is 37.4 Å². The molecule has 2 aromatic carbocycles. The number of aromatic nitrogens is 3. The lowest BCUT2D eigenvalue weighted by Crippen LogP contribution is -2.59. The molecule has 0 spiro atoms. The first-order valence-corrected chi connectivity index (χ1v) is 19.0. The molecule has 0 radical (unpaired) electrons. The monoisotopic (exact) mass is 821 g/mol. The first-order valence-electron chi connectivity index (χ1n) is 19.0. The second-order valence-corrected chi connectivity index (χ2v) is 13.4. The summed E-state index contributed by atoms with van der Waals surface area (Å²) in [4.78, 5) is 62.4. The van der Waals surface area contributed by atoms with Gasteiger partial charge in [-0.25, -0.2) is 19.6 Å². The highest BCUT2D eigenvalue weighted by molar-refractivity contribution is 6.07. The Morgan fingerprint density at radius 1 is 0.932 bits per heavy atom. The van der Waals surface area contributed by atoms with Crippen LogP contribution < -0.4 is 16.0 Å². The molecule has 2 amide bonds. The second-order valence-electron chi connectivity index (χ2n) is 13.4. The smallest absolute Gasteiger partial charge is 0.435 e. The number of carboxylic acid groups (broad SMARTS) is 1. The standard InChI is InChI=1S/C34H41N7O5.C6H10O7/c1-4-6-7-10-21-46-34(44)39-32(35)24-12-15-26(16-13-24)37-23-30-38-27-22-25(14-17-28(27)40(30)3)33(43)41(20-18-31(42)45-5-2)29-11-8-9-19-36-29;7-1-2(8)4(5(10)11)13-6(12)3(1)9/h8-9,11-17,19,22,37H,4-7,10,18,20-21,23H2,1-3H3,(H2,35,39,44);1-4,6-9,12H,(H,10,11)/t;1-,2-,3+,4-,6+/m.0/s1. The molecule has 59 heavy (non-hydrogen) atoms. The number of nitrogens with two attached hydrogens (primary N) is 1. The number of carbonyl (C=O) groups is 4. The average Bonchev–Trinajstić information content (AvgIpc) is 3.55. The van der Waals surface area contributed by atoms with Gasteiger partial charge in [-0.1, -0.05) is 32.3 Å². The molecule has 3 heterocycles. The fraction of sp³-hybridized carbons (Fsp3) is 0.425. The van der Waals surface area contributed by atoms with Crippen LogP contribution >= 0.6 is 0 Å². The van der Waals surface area contributed by atoms with Crippen LogP contribution in [0, 0.1) is 0 Å². The van der Waals surface area contributed by atoms with Crippen LogP contribution in [0.5, 0.6) is 0 Å². The van der Waals surface area contributed by atoms with E-state index in [1.807, 2.05) is 29.8 Å². The number of amidine groups is 1. The van der Waals surface area contributed by atoms with Gasteiger partial charge in [-0.15, -0.1) is 0 Å². The molecule has 0 unspecified atom stereocenters. The van der Waals surface area contributed by atoms with E-state index < -0.39 is 42.8 Å². The van der Waals surface area contributed by atoms with Crippen molar-refractivity contribution in [3.63, 3.8) is 0 Å². The number of pyridine rings is 1. The molecule has 2 aromatic heterocycles. The molecule has 1 aliphatic heterocycles. The van der Waals surface area contributed by atoms with Crippen molar-refractivity contribution in [3.8, 4) is 0 Å². The zero-order valence-corrected chi connectivity index (χ0v) is 33.0. The van der Waals surface area contributed by atoms with Crippen molar-refractivity contribution in [2.24, 2.45) is 17.8 Å². The highest BCUT2D eigenvalue weighted by Crippen LogP contribution is 2.22. The van der Waals surface area contributed by atoms with E-state index in [4.69, 9.17) is 45.7 Å². The van der Waals surface area contributed by atoms with Gasteiger partial charge >= 0.3 is 18.0 Å². The third kappa shape index (κ3) is 12.7. The Bertz CT molecular complexity index is 2040. The van der Waals surface area contributed by atoms with Crippen molar-refractivity contribution >= 4 is 52.3 Å². The molecule has 1 fully saturated rings. The third-order valence-corrected chi connectivity index (χ3v) is 9.13. The lowest BCUT2D eigenvalue weighted by molar-refractivity contribution is -0.279. The number of aryl methyl sites for hydroxylation is 1. The lowest BCUT2D eigenvalue weighted by Gasteiger charge is -2.36. The first-order chi connectivity index (χ1) is 28.2. The van der Waals surface area contributed by atoms with Gasteiger partial charge in [0.25, 0.3) is 5.91 Å². The average molecular weight is 822 g/mol. The fourth-order valence-corrected chi connectivity index (χ4v) is 5.86. The molecule has 19 heteroatoms. The molecule has 0 saturated carbocycles. The van der Waals surface area contributed by atoms with Crippen LogP contribution in [-0.4, -0.2) is 120 Å². The highest BCUT2D eigenvalue weighted by Gasteiger charge is 2.46. The summed E-state index contributed by atoms with van der Waals surface area (Å²) in [5.41, 5.74) is 9.40. The minimum Gasteiger partial charge on any atom is -0.479 e. The van der Waals surface area contributed by atoms with E-state index in [1.165, 1.54) is 4.90 Å². The maximum Gasteiger partial charge on any atom is 0.435 e. The third-order valence-electron chi connectivity index (χ3n) is 9.13. The van der Waals surface area contributed by atoms with Gasteiger partial charge in [0.15, 0.2) is 12.4 Å². The van der Waals surface area contributed by atoms with Gasteiger partial charge in [0, 0.05) is 36.6 Å². The van der Waals surface area contributed by atoms with Gasteiger partial charge in [0.2, 0.25) is 0 Å². The fourth-order valence-electron chi connectivity index (χ4n) is 5.86. The van der Waals surface area contributed by atoms with Gasteiger partial charge in [0.1, 0.15) is 35.8 Å². The topological polar surface area (TPSA) is 281 Å². The highest BCUT2D eigenvalue weighted by atomic mass is 16.6. The van der Waals surface area contributed by atoms with E-state index in [-0.39, 0.29) is 37.3 Å². The van der Waals surface area contributed by atoms with Crippen molar-refractivity contribution in [2.75, 3.05) is 30.0 Å². The number of aliphatic hydroxyl groups is 4. The van der Waals surface area contributed by atoms with E-state index in [2.05, 4.69) is 27.0 Å². The zero-order chi connectivity index (χ0) is 43.1. The number of carboxylic acids is 1. The predicted molar refractivity (Wildman–Crippen MR) is 214 cm³/mol. The minimum atomic E-state index is -1.81. The number of esters is 1. The van der Waals surface area contributed by atoms with Gasteiger partial charge in [-0.05, 0) is 67.9 Å². The molecule has 19 nitrogen and oxygen atoms in total. The minimum absolute atomic E-state index is 0.0455. The number of rotatable bonds is 16. The number of aliphatic carboxylic acids is 1. The normalized spacial score (nSPS) is 19.0. The van der Waals surface area contributed by atoms with E-state index in [9.17, 15) is 19.2 Å². The van der Waals surface area contributed by atoms with Crippen molar-refractivity contribution in [3.05, 3.63) is 83.8 Å². The number of carbonyl (C=O) groups excluding carboxylic acids is 3. The lowest BCUT2D eigenvalue weighted by atomic mass is 9.99. The molecule has 5 rings (SSSR count). The summed E-state index contributed by atoms with van der Waals surface area (Å²) in [5, 5.41) is 47.7. The number of hydrogen-bond donors (Lipinski definition) is 7. The predicted octanol–water partition coefficient (Wildman–Crippen LogP) is 2.47. The number of benzene rings is 2. The summed E-state index contributed by atoms with van der Waals surface area (Å²) >= 11 is 0. The molecule has 1 saturated heterocycles. The number of anilines is 2. The summed E-state index contributed by atoms with van der Waals surface area (Å²) in [7, 11) is 1.91. The van der Waals surface area contributed by atoms with Gasteiger partial charge in [-0.2, -0.15) is 4.99 Å². The van der Waals surface area contributed by atoms with Gasteiger partial charge in [-0.3, -0.25) is 14.5 Å². The number of aliphatic hydroxyl groups excluding tert-OH is 4. The molecule has 4 aromatic rings. The van der Waals surface area contributed by atoms with Crippen LogP contribution in [0.25, 0.3) is 11.0 Å². The quantitative estimate of drug-likeness (QED) is 0.0370. The van der Waals surface area contributed by atoms with Crippen LogP contribution in [0.15, 0.2) is 71.9 Å². The first kappa shape index (κ1) is 45.7. The van der Waals surface area contributed by atoms with Crippen molar-refractivity contribution in [2.45, 2.75) is 83.2 Å². The molecule has 5 atom stereocenters. The molecule has 8 N–H and O–H groups in total. The summed E-state index contributed by atoms with van der Waals surface area (Å²) in [6.07, 6.45) is -3.73. The van der Waals surface area contributed by atoms with Crippen LogP contribution in [0.1, 0.15) is 67.7 Å². The number of unbranched alkanes of at least 4 members (excludes halogenated alkanes) is 3. The number of nitrogens with zero attached hydrogens (tertiary/aromatic N) is 5. The molecule has 1 aliphatic rings. The zero-order valence-electron chi connectivity index (χ0n) is 33.0. The summed E-state index contributed by atoms with van der Waals surface area (Å²) in [6, 6.07) is 17.9. The van der Waals surface area contributed by atoms with Crippen LogP contribution in [0.3, 0.4) is 0 Å². The number of aliphatic imine (C=N–C) groups is 1. The molecule has 0 bridgehead atoms. The Hall–Kier alpha value is -5.99. The number of ether oxygens (including phenoxy) is 3. The number of nitrogens with one attached hydrogen (secondary N) is 1. The summed E-state index contributed by atoms with van der Waals surface area (Å²) in [6.45, 7) is 5.02. The van der Waals surface area contributed by atoms with Crippen molar-refractivity contribution in [1.29, 1.82) is 0 Å². The number of imidazole rings is 1. The van der Waals surface area contributed by atoms with E-state index in [1.54, 1.807) is 55.6 Å². The molecule has 0 aliphatic carbocycles. The van der Waals surface area contributed by atoms with E-state index in [0.29, 0.717) is 35.6 Å². The van der Waals surface area contributed by atoms with E-state index >= 15 is 0 Å². The van der Waals surface area contributed by atoms with Gasteiger partial charge < -0.3 is 55.4 Å². The molecule has 318 valence electrons. The Morgan fingerprint density at radius 2 is 1.66 bits per heavy atom. The number of amides is 2. The number of fused-ring (bicyclic) bond motifs is 1. The SMILES string of the molecule is CCCCCCOC(=O)/N=C(/N)c1ccc(NCc2nc3cc(C(=O)N(CCC(=O)OCC)c4ccccn4)ccc3n2C)cc1.O=C(O)[C@H]1O[C@@H](O)[C@H](O)[C@@H](O)[C@@H]1O. The maximum atomic E-state index is 13.6. The van der Waals surface area contributed by atoms with Crippen molar-refractivity contribution < 1.29 is 58.9 Å². The maximum absolute atomic E-state index is 13.6. The molecular formula is C40H51N7O12. The Kier molecular flexibility index (Phi) is 17.2. The summed E-state index contributed by atoms with van der Waals surface area (Å²) < 4.78 is 16.5. The Balaban J connectivity index is 0.000000502. The molecular weight excluding hydrogens is 770 g/mol. The van der Waals surface area contributed by atoms with E-state index in [0.717, 1.165) is 42.7 Å². The Labute approximate surface area is 340 Å². The second kappa shape index (κ2) is 22.2. The van der Waals surface area contributed by atoms with Gasteiger partial charge in [0.05, 0.1) is 37.2 Å². The van der Waals surface area contributed by atoms with Crippen LogP contribution in [0.4, 0.5) is 16.3 Å².